The maximum absolute atomic E-state index is 12.1. The van der Waals surface area contributed by atoms with Crippen LogP contribution in [0.4, 0.5) is 5.69 Å². The molecule has 104 valence electrons. The molecule has 0 aliphatic rings. The second kappa shape index (κ2) is 6.44. The fraction of sp³-hybridized carbons (Fsp3) is 0.188. The van der Waals surface area contributed by atoms with E-state index < -0.39 is 6.10 Å². The number of aryl methyl sites for hydroxylation is 1. The third-order valence-corrected chi connectivity index (χ3v) is 3.12. The summed E-state index contributed by atoms with van der Waals surface area (Å²) in [7, 11) is 0. The Morgan fingerprint density at radius 1 is 1.20 bits per heavy atom. The van der Waals surface area contributed by atoms with Crippen molar-refractivity contribution in [3.05, 3.63) is 59.1 Å². The van der Waals surface area contributed by atoms with E-state index in [0.717, 1.165) is 11.3 Å². The first-order chi connectivity index (χ1) is 9.56. The molecule has 0 bridgehead atoms. The summed E-state index contributed by atoms with van der Waals surface area (Å²) in [5.41, 5.74) is 1.80. The summed E-state index contributed by atoms with van der Waals surface area (Å²) < 4.78 is 5.57. The van der Waals surface area contributed by atoms with Crippen molar-refractivity contribution in [3.63, 3.8) is 0 Å². The molecule has 0 heterocycles. The Kier molecular flexibility index (Phi) is 4.64. The van der Waals surface area contributed by atoms with Crippen LogP contribution in [0.25, 0.3) is 0 Å². The molecule has 0 saturated heterocycles. The van der Waals surface area contributed by atoms with E-state index in [0.29, 0.717) is 10.8 Å². The number of carbonyl (C=O) groups is 1. The topological polar surface area (TPSA) is 38.3 Å². The van der Waals surface area contributed by atoms with Gasteiger partial charge in [0.05, 0.1) is 0 Å². The minimum absolute atomic E-state index is 0.195. The quantitative estimate of drug-likeness (QED) is 0.922. The van der Waals surface area contributed by atoms with Crippen LogP contribution in [-0.2, 0) is 4.79 Å². The number of hydrogen-bond donors (Lipinski definition) is 1. The van der Waals surface area contributed by atoms with Crippen LogP contribution in [0, 0.1) is 6.92 Å². The molecule has 0 aliphatic heterocycles. The average Bonchev–Trinajstić information content (AvgIpc) is 2.41. The van der Waals surface area contributed by atoms with Crippen molar-refractivity contribution in [2.45, 2.75) is 20.0 Å². The third-order valence-electron chi connectivity index (χ3n) is 2.88. The molecule has 0 spiro atoms. The third kappa shape index (κ3) is 3.75. The van der Waals surface area contributed by atoms with Gasteiger partial charge in [0.15, 0.2) is 6.10 Å². The van der Waals surface area contributed by atoms with Crippen LogP contribution in [0.15, 0.2) is 48.5 Å². The minimum Gasteiger partial charge on any atom is -0.481 e. The molecule has 0 radical (unpaired) electrons. The average molecular weight is 290 g/mol. The van der Waals surface area contributed by atoms with Crippen LogP contribution in [0.1, 0.15) is 12.5 Å². The number of amides is 1. The molecule has 0 saturated carbocycles. The van der Waals surface area contributed by atoms with Gasteiger partial charge >= 0.3 is 0 Å². The van der Waals surface area contributed by atoms with Crippen molar-refractivity contribution in [2.24, 2.45) is 0 Å². The van der Waals surface area contributed by atoms with Crippen LogP contribution in [-0.4, -0.2) is 12.0 Å². The second-order valence-electron chi connectivity index (χ2n) is 4.52. The molecule has 3 nitrogen and oxygen atoms in total. The van der Waals surface area contributed by atoms with Gasteiger partial charge in [-0.05, 0) is 43.7 Å². The zero-order valence-electron chi connectivity index (χ0n) is 11.4. The number of benzene rings is 2. The summed E-state index contributed by atoms with van der Waals surface area (Å²) in [4.78, 5) is 12.1. The predicted octanol–water partition coefficient (Wildman–Crippen LogP) is 4.05. The summed E-state index contributed by atoms with van der Waals surface area (Å²) in [6.07, 6.45) is -0.604. The van der Waals surface area contributed by atoms with Crippen molar-refractivity contribution in [1.82, 2.24) is 0 Å². The minimum atomic E-state index is -0.604. The van der Waals surface area contributed by atoms with E-state index in [2.05, 4.69) is 5.32 Å². The Morgan fingerprint density at radius 3 is 2.65 bits per heavy atom. The first kappa shape index (κ1) is 14.4. The molecule has 1 N–H and O–H groups in total. The molecule has 2 aromatic rings. The monoisotopic (exact) mass is 289 g/mol. The molecule has 0 aromatic heterocycles. The molecule has 0 unspecified atom stereocenters. The summed E-state index contributed by atoms with van der Waals surface area (Å²) in [5.74, 6) is 0.379. The number of rotatable bonds is 4. The van der Waals surface area contributed by atoms with Gasteiger partial charge in [0.25, 0.3) is 5.91 Å². The molecule has 0 aliphatic carbocycles. The largest absolute Gasteiger partial charge is 0.481 e. The Hall–Kier alpha value is -2.00. The van der Waals surface area contributed by atoms with Crippen LogP contribution >= 0.6 is 11.6 Å². The number of hydrogen-bond acceptors (Lipinski definition) is 2. The molecule has 2 aromatic carbocycles. The normalized spacial score (nSPS) is 11.8. The van der Waals surface area contributed by atoms with Gasteiger partial charge in [0.1, 0.15) is 5.75 Å². The van der Waals surface area contributed by atoms with Gasteiger partial charge in [-0.15, -0.1) is 0 Å². The first-order valence-corrected chi connectivity index (χ1v) is 6.73. The lowest BCUT2D eigenvalue weighted by molar-refractivity contribution is -0.122. The predicted molar refractivity (Wildman–Crippen MR) is 81.4 cm³/mol. The highest BCUT2D eigenvalue weighted by atomic mass is 35.5. The maximum atomic E-state index is 12.1. The van der Waals surface area contributed by atoms with E-state index in [-0.39, 0.29) is 5.91 Å². The van der Waals surface area contributed by atoms with E-state index in [1.54, 1.807) is 31.2 Å². The Labute approximate surface area is 123 Å². The fourth-order valence-electron chi connectivity index (χ4n) is 1.75. The summed E-state index contributed by atoms with van der Waals surface area (Å²) in [5, 5.41) is 3.43. The highest BCUT2D eigenvalue weighted by Crippen LogP contribution is 2.19. The van der Waals surface area contributed by atoms with E-state index >= 15 is 0 Å². The van der Waals surface area contributed by atoms with Crippen LogP contribution in [0.2, 0.25) is 5.02 Å². The number of ether oxygens (including phenoxy) is 1. The van der Waals surface area contributed by atoms with Crippen molar-refractivity contribution in [3.8, 4) is 5.75 Å². The van der Waals surface area contributed by atoms with Gasteiger partial charge in [0, 0.05) is 10.7 Å². The van der Waals surface area contributed by atoms with Crippen molar-refractivity contribution in [1.29, 1.82) is 0 Å². The smallest absolute Gasteiger partial charge is 0.265 e. The molecular weight excluding hydrogens is 274 g/mol. The van der Waals surface area contributed by atoms with Gasteiger partial charge < -0.3 is 10.1 Å². The van der Waals surface area contributed by atoms with Gasteiger partial charge in [-0.1, -0.05) is 35.9 Å². The first-order valence-electron chi connectivity index (χ1n) is 6.35. The van der Waals surface area contributed by atoms with Crippen LogP contribution < -0.4 is 10.1 Å². The molecule has 1 amide bonds. The Bertz CT molecular complexity index is 613. The highest BCUT2D eigenvalue weighted by molar-refractivity contribution is 6.30. The fourth-order valence-corrected chi connectivity index (χ4v) is 1.93. The number of anilines is 1. The molecule has 2 rings (SSSR count). The van der Waals surface area contributed by atoms with Crippen LogP contribution in [0.3, 0.4) is 0 Å². The van der Waals surface area contributed by atoms with E-state index in [1.165, 1.54) is 0 Å². The lowest BCUT2D eigenvalue weighted by Crippen LogP contribution is -2.30. The summed E-state index contributed by atoms with van der Waals surface area (Å²) >= 11 is 5.88. The molecule has 0 fully saturated rings. The molecule has 1 atom stereocenters. The van der Waals surface area contributed by atoms with Crippen molar-refractivity contribution >= 4 is 23.2 Å². The van der Waals surface area contributed by atoms with Crippen molar-refractivity contribution < 1.29 is 9.53 Å². The molecular formula is C16H16ClNO2. The van der Waals surface area contributed by atoms with Gasteiger partial charge in [-0.3, -0.25) is 4.79 Å². The number of halogens is 1. The lowest BCUT2D eigenvalue weighted by atomic mass is 10.2. The number of para-hydroxylation sites is 1. The Morgan fingerprint density at radius 2 is 1.95 bits per heavy atom. The van der Waals surface area contributed by atoms with Crippen LogP contribution in [0.5, 0.6) is 5.75 Å². The van der Waals surface area contributed by atoms with Gasteiger partial charge in [0.2, 0.25) is 0 Å². The highest BCUT2D eigenvalue weighted by Gasteiger charge is 2.15. The van der Waals surface area contributed by atoms with E-state index in [4.69, 9.17) is 16.3 Å². The standard InChI is InChI=1S/C16H16ClNO2/c1-11-6-3-4-9-15(11)18-16(19)12(2)20-14-8-5-7-13(17)10-14/h3-10,12H,1-2H3,(H,18,19)/t12-/m0/s1. The van der Waals surface area contributed by atoms with Gasteiger partial charge in [-0.2, -0.15) is 0 Å². The maximum Gasteiger partial charge on any atom is 0.265 e. The van der Waals surface area contributed by atoms with E-state index in [1.807, 2.05) is 31.2 Å². The summed E-state index contributed by atoms with van der Waals surface area (Å²) in [6.45, 7) is 3.65. The lowest BCUT2D eigenvalue weighted by Gasteiger charge is -2.15. The second-order valence-corrected chi connectivity index (χ2v) is 4.96. The zero-order chi connectivity index (χ0) is 14.5. The molecule has 20 heavy (non-hydrogen) atoms. The summed E-state index contributed by atoms with van der Waals surface area (Å²) in [6, 6.07) is 14.6. The SMILES string of the molecule is Cc1ccccc1NC(=O)[C@H](C)Oc1cccc(Cl)c1. The molecule has 4 heteroatoms. The van der Waals surface area contributed by atoms with Crippen molar-refractivity contribution in [2.75, 3.05) is 5.32 Å². The zero-order valence-corrected chi connectivity index (χ0v) is 12.1. The van der Waals surface area contributed by atoms with E-state index in [9.17, 15) is 4.79 Å². The Balaban J connectivity index is 2.01. The van der Waals surface area contributed by atoms with Gasteiger partial charge in [-0.25, -0.2) is 0 Å². The number of nitrogens with one attached hydrogen (secondary N) is 1. The number of carbonyl (C=O) groups excluding carboxylic acids is 1.